The number of benzene rings is 1. The van der Waals surface area contributed by atoms with E-state index >= 15 is 0 Å². The Morgan fingerprint density at radius 1 is 1.12 bits per heavy atom. The number of carbonyl (C=O) groups is 2. The van der Waals surface area contributed by atoms with Gasteiger partial charge in [-0.05, 0) is 37.5 Å². The first-order chi connectivity index (χ1) is 12.0. The van der Waals surface area contributed by atoms with Crippen LogP contribution in [0.4, 0.5) is 0 Å². The van der Waals surface area contributed by atoms with Gasteiger partial charge in [-0.25, -0.2) is 13.2 Å². The second-order valence-corrected chi connectivity index (χ2v) is 9.63. The van der Waals surface area contributed by atoms with E-state index in [1.165, 1.54) is 16.4 Å². The second-order valence-electron chi connectivity index (χ2n) is 7.69. The van der Waals surface area contributed by atoms with E-state index in [0.29, 0.717) is 18.7 Å². The highest BCUT2D eigenvalue weighted by Gasteiger charge is 2.28. The zero-order valence-electron chi connectivity index (χ0n) is 15.9. The van der Waals surface area contributed by atoms with Gasteiger partial charge in [-0.3, -0.25) is 4.79 Å². The number of hydrogen-bond acceptors (Lipinski definition) is 5. The number of esters is 1. The molecule has 0 unspecified atom stereocenters. The molecule has 1 fully saturated rings. The van der Waals surface area contributed by atoms with Crippen molar-refractivity contribution in [3.63, 3.8) is 0 Å². The molecule has 0 N–H and O–H groups in total. The van der Waals surface area contributed by atoms with E-state index in [1.807, 2.05) is 0 Å². The minimum Gasteiger partial charge on any atom is -0.454 e. The fourth-order valence-electron chi connectivity index (χ4n) is 2.66. The number of ether oxygens (including phenoxy) is 1. The van der Waals surface area contributed by atoms with Crippen molar-refractivity contribution >= 4 is 21.8 Å². The molecule has 1 aromatic carbocycles. The van der Waals surface area contributed by atoms with Crippen molar-refractivity contribution in [1.29, 1.82) is 0 Å². The van der Waals surface area contributed by atoms with E-state index in [-0.39, 0.29) is 22.8 Å². The average Bonchev–Trinajstić information content (AvgIpc) is 2.59. The molecule has 0 spiro atoms. The van der Waals surface area contributed by atoms with Crippen molar-refractivity contribution in [2.24, 2.45) is 5.41 Å². The molecule has 1 saturated heterocycles. The summed E-state index contributed by atoms with van der Waals surface area (Å²) in [6, 6.07) is 4.46. The zero-order valence-corrected chi connectivity index (χ0v) is 16.7. The third kappa shape index (κ3) is 4.71. The SMILES string of the molecule is Cc1ccc(S(=O)(=O)N2CCCCC2)cc1C(=O)OCC(=O)C(C)(C)C. The summed E-state index contributed by atoms with van der Waals surface area (Å²) >= 11 is 0. The molecular formula is C19H27NO5S. The molecule has 144 valence electrons. The van der Waals surface area contributed by atoms with Gasteiger partial charge in [-0.1, -0.05) is 33.3 Å². The summed E-state index contributed by atoms with van der Waals surface area (Å²) < 4.78 is 32.2. The number of rotatable bonds is 5. The summed E-state index contributed by atoms with van der Waals surface area (Å²) in [5, 5.41) is 0. The van der Waals surface area contributed by atoms with Gasteiger partial charge < -0.3 is 4.74 Å². The van der Waals surface area contributed by atoms with Crippen molar-refractivity contribution in [2.75, 3.05) is 19.7 Å². The fourth-order valence-corrected chi connectivity index (χ4v) is 4.21. The number of piperidine rings is 1. The maximum absolute atomic E-state index is 12.8. The van der Waals surface area contributed by atoms with Crippen molar-refractivity contribution in [3.05, 3.63) is 29.3 Å². The maximum atomic E-state index is 12.8. The lowest BCUT2D eigenvalue weighted by Crippen LogP contribution is -2.35. The Bertz CT molecular complexity index is 787. The van der Waals surface area contributed by atoms with Crippen LogP contribution in [0.1, 0.15) is 56.0 Å². The molecule has 1 aliphatic rings. The number of sulfonamides is 1. The lowest BCUT2D eigenvalue weighted by atomic mass is 9.91. The number of nitrogens with zero attached hydrogens (tertiary/aromatic N) is 1. The topological polar surface area (TPSA) is 80.8 Å². The van der Waals surface area contributed by atoms with E-state index in [1.54, 1.807) is 33.8 Å². The first-order valence-electron chi connectivity index (χ1n) is 8.85. The molecule has 1 aliphatic heterocycles. The van der Waals surface area contributed by atoms with Gasteiger partial charge in [-0.2, -0.15) is 4.31 Å². The zero-order chi connectivity index (χ0) is 19.5. The smallest absolute Gasteiger partial charge is 0.338 e. The third-order valence-corrected chi connectivity index (χ3v) is 6.45. The normalized spacial score (nSPS) is 16.3. The minimum atomic E-state index is -3.63. The first kappa shape index (κ1) is 20.6. The molecule has 1 heterocycles. The molecule has 0 aromatic heterocycles. The van der Waals surface area contributed by atoms with Crippen molar-refractivity contribution < 1.29 is 22.7 Å². The largest absolute Gasteiger partial charge is 0.454 e. The van der Waals surface area contributed by atoms with Crippen LogP contribution in [0.3, 0.4) is 0 Å². The number of aryl methyl sites for hydroxylation is 1. The third-order valence-electron chi connectivity index (χ3n) is 4.55. The highest BCUT2D eigenvalue weighted by Crippen LogP contribution is 2.23. The molecule has 7 heteroatoms. The summed E-state index contributed by atoms with van der Waals surface area (Å²) in [6.07, 6.45) is 2.71. The molecule has 26 heavy (non-hydrogen) atoms. The van der Waals surface area contributed by atoms with E-state index in [4.69, 9.17) is 4.74 Å². The molecule has 0 bridgehead atoms. The Kier molecular flexibility index (Phi) is 6.24. The Labute approximate surface area is 155 Å². The highest BCUT2D eigenvalue weighted by atomic mass is 32.2. The van der Waals surface area contributed by atoms with Gasteiger partial charge in [0.2, 0.25) is 10.0 Å². The van der Waals surface area contributed by atoms with Crippen LogP contribution in [0, 0.1) is 12.3 Å². The summed E-state index contributed by atoms with van der Waals surface area (Å²) in [6.45, 7) is 7.62. The Balaban J connectivity index is 2.21. The standard InChI is InChI=1S/C19H27NO5S/c1-14-8-9-15(26(23,24)20-10-6-5-7-11-20)12-16(14)18(22)25-13-17(21)19(2,3)4/h8-9,12H,5-7,10-11,13H2,1-4H3. The van der Waals surface area contributed by atoms with Gasteiger partial charge in [-0.15, -0.1) is 0 Å². The van der Waals surface area contributed by atoms with Crippen LogP contribution >= 0.6 is 0 Å². The molecule has 0 radical (unpaired) electrons. The highest BCUT2D eigenvalue weighted by molar-refractivity contribution is 7.89. The lowest BCUT2D eigenvalue weighted by Gasteiger charge is -2.26. The maximum Gasteiger partial charge on any atom is 0.338 e. The van der Waals surface area contributed by atoms with Crippen molar-refractivity contribution in [2.45, 2.75) is 51.9 Å². The van der Waals surface area contributed by atoms with E-state index in [9.17, 15) is 18.0 Å². The number of carbonyl (C=O) groups excluding carboxylic acids is 2. The number of Topliss-reactive ketones (excluding diaryl/α,β-unsaturated/α-hetero) is 1. The van der Waals surface area contributed by atoms with Gasteiger partial charge >= 0.3 is 5.97 Å². The monoisotopic (exact) mass is 381 g/mol. The predicted molar refractivity (Wildman–Crippen MR) is 98.5 cm³/mol. The van der Waals surface area contributed by atoms with Gasteiger partial charge in [0, 0.05) is 18.5 Å². The predicted octanol–water partition coefficient (Wildman–Crippen LogP) is 2.94. The van der Waals surface area contributed by atoms with Gasteiger partial charge in [0.05, 0.1) is 10.5 Å². The Morgan fingerprint density at radius 2 is 1.73 bits per heavy atom. The van der Waals surface area contributed by atoms with E-state index in [2.05, 4.69) is 0 Å². The van der Waals surface area contributed by atoms with Crippen LogP contribution in [-0.2, 0) is 19.6 Å². The molecule has 0 atom stereocenters. The molecule has 1 aromatic rings. The van der Waals surface area contributed by atoms with Crippen LogP contribution in [0.5, 0.6) is 0 Å². The van der Waals surface area contributed by atoms with Crippen LogP contribution in [0.2, 0.25) is 0 Å². The minimum absolute atomic E-state index is 0.0825. The molecule has 0 saturated carbocycles. The van der Waals surface area contributed by atoms with Crippen LogP contribution in [0.15, 0.2) is 23.1 Å². The van der Waals surface area contributed by atoms with Crippen LogP contribution in [-0.4, -0.2) is 44.2 Å². The number of ketones is 1. The molecule has 2 rings (SSSR count). The van der Waals surface area contributed by atoms with Gasteiger partial charge in [0.1, 0.15) is 0 Å². The number of hydrogen-bond donors (Lipinski definition) is 0. The van der Waals surface area contributed by atoms with Crippen LogP contribution < -0.4 is 0 Å². The summed E-state index contributed by atoms with van der Waals surface area (Å²) in [4.78, 5) is 24.4. The van der Waals surface area contributed by atoms with Crippen LogP contribution in [0.25, 0.3) is 0 Å². The van der Waals surface area contributed by atoms with Gasteiger partial charge in [0.25, 0.3) is 0 Å². The lowest BCUT2D eigenvalue weighted by molar-refractivity contribution is -0.129. The fraction of sp³-hybridized carbons (Fsp3) is 0.579. The van der Waals surface area contributed by atoms with E-state index in [0.717, 1.165) is 19.3 Å². The Morgan fingerprint density at radius 3 is 2.31 bits per heavy atom. The van der Waals surface area contributed by atoms with E-state index < -0.39 is 21.4 Å². The molecule has 0 amide bonds. The Hall–Kier alpha value is -1.73. The average molecular weight is 381 g/mol. The summed E-state index contributed by atoms with van der Waals surface area (Å²) in [7, 11) is -3.63. The quantitative estimate of drug-likeness (QED) is 0.733. The van der Waals surface area contributed by atoms with Crippen molar-refractivity contribution in [3.8, 4) is 0 Å². The summed E-state index contributed by atoms with van der Waals surface area (Å²) in [5.74, 6) is -0.878. The molecule has 0 aliphatic carbocycles. The molecular weight excluding hydrogens is 354 g/mol. The first-order valence-corrected chi connectivity index (χ1v) is 10.3. The van der Waals surface area contributed by atoms with Crippen molar-refractivity contribution in [1.82, 2.24) is 4.31 Å². The second kappa shape index (κ2) is 7.88. The summed E-state index contributed by atoms with van der Waals surface area (Å²) in [5.41, 5.74) is 0.176. The molecule has 6 nitrogen and oxygen atoms in total. The van der Waals surface area contributed by atoms with Gasteiger partial charge in [0.15, 0.2) is 12.4 Å².